The normalized spacial score (nSPS) is 10.6. The van der Waals surface area contributed by atoms with Crippen LogP contribution in [0.15, 0.2) is 30.3 Å². The van der Waals surface area contributed by atoms with Gasteiger partial charge in [-0.15, -0.1) is 0 Å². The van der Waals surface area contributed by atoms with Crippen molar-refractivity contribution >= 4 is 17.4 Å². The fourth-order valence-corrected chi connectivity index (χ4v) is 2.42. The van der Waals surface area contributed by atoms with E-state index >= 15 is 0 Å². The molecule has 0 atom stereocenters. The molecule has 2 aromatic carbocycles. The number of ketones is 1. The summed E-state index contributed by atoms with van der Waals surface area (Å²) in [6, 6.07) is 7.91. The van der Waals surface area contributed by atoms with E-state index in [1.54, 1.807) is 18.2 Å². The van der Waals surface area contributed by atoms with Crippen LogP contribution >= 0.6 is 11.6 Å². The molecule has 2 rings (SSSR count). The molecule has 0 spiro atoms. The van der Waals surface area contributed by atoms with Gasteiger partial charge in [-0.2, -0.15) is 0 Å². The van der Waals surface area contributed by atoms with E-state index in [0.29, 0.717) is 16.1 Å². The van der Waals surface area contributed by atoms with Crippen LogP contribution in [0.5, 0.6) is 0 Å². The Morgan fingerprint density at radius 3 is 2.42 bits per heavy atom. The zero-order valence-electron chi connectivity index (χ0n) is 11.1. The van der Waals surface area contributed by atoms with Crippen LogP contribution in [0.3, 0.4) is 0 Å². The smallest absolute Gasteiger partial charge is 0.160 e. The van der Waals surface area contributed by atoms with Crippen LogP contribution in [0.4, 0.5) is 4.39 Å². The number of hydrogen-bond donors (Lipinski definition) is 0. The molecule has 0 radical (unpaired) electrons. The second kappa shape index (κ2) is 5.14. The van der Waals surface area contributed by atoms with Crippen molar-refractivity contribution in [2.45, 2.75) is 20.8 Å². The van der Waals surface area contributed by atoms with Gasteiger partial charge in [0.25, 0.3) is 0 Å². The number of Topliss-reactive ketones (excluding diaryl/α,β-unsaturated/α-hetero) is 1. The van der Waals surface area contributed by atoms with E-state index in [1.807, 2.05) is 13.8 Å². The molecule has 0 bridgehead atoms. The van der Waals surface area contributed by atoms with Crippen molar-refractivity contribution in [2.24, 2.45) is 0 Å². The molecule has 0 amide bonds. The molecule has 0 aliphatic carbocycles. The first-order chi connectivity index (χ1) is 8.91. The zero-order valence-corrected chi connectivity index (χ0v) is 11.8. The molecule has 0 aromatic heterocycles. The molecular weight excluding hydrogens is 263 g/mol. The minimum Gasteiger partial charge on any atom is -0.294 e. The van der Waals surface area contributed by atoms with E-state index in [9.17, 15) is 9.18 Å². The van der Waals surface area contributed by atoms with Crippen molar-refractivity contribution in [3.8, 4) is 11.1 Å². The Balaban J connectivity index is 2.81. The number of benzene rings is 2. The van der Waals surface area contributed by atoms with Crippen LogP contribution in [-0.2, 0) is 0 Å². The van der Waals surface area contributed by atoms with Gasteiger partial charge in [-0.3, -0.25) is 4.79 Å². The lowest BCUT2D eigenvalue weighted by atomic mass is 9.90. The first-order valence-electron chi connectivity index (χ1n) is 5.98. The Morgan fingerprint density at radius 1 is 1.16 bits per heavy atom. The number of rotatable bonds is 2. The number of carbonyl (C=O) groups is 1. The largest absolute Gasteiger partial charge is 0.294 e. The third-order valence-electron chi connectivity index (χ3n) is 3.33. The summed E-state index contributed by atoms with van der Waals surface area (Å²) in [5.41, 5.74) is 3.80. The van der Waals surface area contributed by atoms with Gasteiger partial charge in [-0.25, -0.2) is 4.39 Å². The lowest BCUT2D eigenvalue weighted by Gasteiger charge is -2.15. The first kappa shape index (κ1) is 13.8. The summed E-state index contributed by atoms with van der Waals surface area (Å²) < 4.78 is 13.4. The van der Waals surface area contributed by atoms with Gasteiger partial charge in [-0.05, 0) is 61.2 Å². The standard InChI is InChI=1S/C16H14ClFO/c1-9-10(2)16(12-5-4-6-13(18)7-12)14(11(3)19)8-15(9)17/h4-8H,1-3H3. The maximum absolute atomic E-state index is 13.4. The second-order valence-electron chi connectivity index (χ2n) is 4.60. The van der Waals surface area contributed by atoms with Gasteiger partial charge < -0.3 is 0 Å². The fraction of sp³-hybridized carbons (Fsp3) is 0.188. The molecule has 0 aliphatic heterocycles. The summed E-state index contributed by atoms with van der Waals surface area (Å²) in [7, 11) is 0. The van der Waals surface area contributed by atoms with Crippen LogP contribution in [0.1, 0.15) is 28.4 Å². The summed E-state index contributed by atoms with van der Waals surface area (Å²) in [6.45, 7) is 5.28. The van der Waals surface area contributed by atoms with Crippen molar-refractivity contribution in [3.63, 3.8) is 0 Å². The predicted octanol–water partition coefficient (Wildman–Crippen LogP) is 4.97. The van der Waals surface area contributed by atoms with Crippen LogP contribution in [-0.4, -0.2) is 5.78 Å². The summed E-state index contributed by atoms with van der Waals surface area (Å²) in [5, 5.41) is 0.558. The number of halogens is 2. The van der Waals surface area contributed by atoms with Crippen molar-refractivity contribution in [3.05, 3.63) is 57.9 Å². The molecule has 98 valence electrons. The number of hydrogen-bond acceptors (Lipinski definition) is 1. The molecule has 1 nitrogen and oxygen atoms in total. The second-order valence-corrected chi connectivity index (χ2v) is 5.00. The van der Waals surface area contributed by atoms with Crippen LogP contribution in [0, 0.1) is 19.7 Å². The molecule has 0 fully saturated rings. The Hall–Kier alpha value is -1.67. The summed E-state index contributed by atoms with van der Waals surface area (Å²) in [6.07, 6.45) is 0. The summed E-state index contributed by atoms with van der Waals surface area (Å²) in [4.78, 5) is 11.8. The van der Waals surface area contributed by atoms with Gasteiger partial charge >= 0.3 is 0 Å². The topological polar surface area (TPSA) is 17.1 Å². The lowest BCUT2D eigenvalue weighted by molar-refractivity contribution is 0.101. The van der Waals surface area contributed by atoms with Crippen molar-refractivity contribution < 1.29 is 9.18 Å². The minimum absolute atomic E-state index is 0.0794. The highest BCUT2D eigenvalue weighted by molar-refractivity contribution is 6.32. The highest BCUT2D eigenvalue weighted by Gasteiger charge is 2.16. The van der Waals surface area contributed by atoms with Crippen molar-refractivity contribution in [1.82, 2.24) is 0 Å². The first-order valence-corrected chi connectivity index (χ1v) is 6.36. The van der Waals surface area contributed by atoms with E-state index in [4.69, 9.17) is 11.6 Å². The van der Waals surface area contributed by atoms with Gasteiger partial charge in [0.15, 0.2) is 5.78 Å². The molecule has 3 heteroatoms. The van der Waals surface area contributed by atoms with Crippen LogP contribution < -0.4 is 0 Å². The molecule has 0 N–H and O–H groups in total. The van der Waals surface area contributed by atoms with E-state index in [-0.39, 0.29) is 11.6 Å². The Bertz CT molecular complexity index is 662. The van der Waals surface area contributed by atoms with E-state index in [0.717, 1.165) is 16.7 Å². The van der Waals surface area contributed by atoms with E-state index < -0.39 is 0 Å². The van der Waals surface area contributed by atoms with E-state index in [2.05, 4.69) is 0 Å². The Labute approximate surface area is 117 Å². The monoisotopic (exact) mass is 276 g/mol. The third-order valence-corrected chi connectivity index (χ3v) is 3.72. The molecule has 2 aromatic rings. The molecule has 0 saturated carbocycles. The Kier molecular flexibility index (Phi) is 3.72. The van der Waals surface area contributed by atoms with Crippen LogP contribution in [0.25, 0.3) is 11.1 Å². The highest BCUT2D eigenvalue weighted by atomic mass is 35.5. The maximum Gasteiger partial charge on any atom is 0.160 e. The molecule has 0 heterocycles. The molecule has 0 saturated heterocycles. The summed E-state index contributed by atoms with van der Waals surface area (Å²) in [5.74, 6) is -0.400. The average molecular weight is 277 g/mol. The fourth-order valence-electron chi connectivity index (χ4n) is 2.17. The maximum atomic E-state index is 13.4. The van der Waals surface area contributed by atoms with Gasteiger partial charge in [0, 0.05) is 10.6 Å². The molecule has 19 heavy (non-hydrogen) atoms. The minimum atomic E-state index is -0.320. The molecular formula is C16H14ClFO. The predicted molar refractivity (Wildman–Crippen MR) is 76.3 cm³/mol. The van der Waals surface area contributed by atoms with Gasteiger partial charge in [0.05, 0.1) is 0 Å². The Morgan fingerprint density at radius 2 is 1.84 bits per heavy atom. The van der Waals surface area contributed by atoms with Gasteiger partial charge in [0.1, 0.15) is 5.82 Å². The SMILES string of the molecule is CC(=O)c1cc(Cl)c(C)c(C)c1-c1cccc(F)c1. The van der Waals surface area contributed by atoms with Crippen molar-refractivity contribution in [1.29, 1.82) is 0 Å². The van der Waals surface area contributed by atoms with E-state index in [1.165, 1.54) is 19.1 Å². The molecule has 0 unspecified atom stereocenters. The quantitative estimate of drug-likeness (QED) is 0.708. The van der Waals surface area contributed by atoms with Crippen LogP contribution in [0.2, 0.25) is 5.02 Å². The number of carbonyl (C=O) groups excluding carboxylic acids is 1. The average Bonchev–Trinajstić information content (AvgIpc) is 2.35. The van der Waals surface area contributed by atoms with Gasteiger partial charge in [-0.1, -0.05) is 23.7 Å². The molecule has 0 aliphatic rings. The lowest BCUT2D eigenvalue weighted by Crippen LogP contribution is -2.01. The summed E-state index contributed by atoms with van der Waals surface area (Å²) >= 11 is 6.13. The highest BCUT2D eigenvalue weighted by Crippen LogP contribution is 2.34. The van der Waals surface area contributed by atoms with Gasteiger partial charge in [0.2, 0.25) is 0 Å². The third kappa shape index (κ3) is 2.54. The van der Waals surface area contributed by atoms with Crippen molar-refractivity contribution in [2.75, 3.05) is 0 Å². The zero-order chi connectivity index (χ0) is 14.2.